The van der Waals surface area contributed by atoms with Crippen LogP contribution in [0, 0.1) is 17.0 Å². The number of hydrogen-bond donors (Lipinski definition) is 2. The van der Waals surface area contributed by atoms with Gasteiger partial charge in [0.05, 0.1) is 4.90 Å². The quantitative estimate of drug-likeness (QED) is 0.755. The molecular formula is C15H22ClF2N3O3S. The Kier molecular flexibility index (Phi) is 7.30. The summed E-state index contributed by atoms with van der Waals surface area (Å²) in [5, 5.41) is 0. The zero-order valence-electron chi connectivity index (χ0n) is 13.8. The number of rotatable bonds is 6. The number of likely N-dealkylation sites (tertiary alicyclic amines) is 1. The Balaban J connectivity index is 0.00000312. The van der Waals surface area contributed by atoms with Crippen molar-refractivity contribution in [1.29, 1.82) is 0 Å². The first kappa shape index (κ1) is 21.8. The summed E-state index contributed by atoms with van der Waals surface area (Å²) >= 11 is 0. The summed E-state index contributed by atoms with van der Waals surface area (Å²) in [5.41, 5.74) is 5.59. The molecule has 1 aromatic rings. The van der Waals surface area contributed by atoms with Gasteiger partial charge in [0, 0.05) is 26.1 Å². The minimum Gasteiger partial charge on any atom is -0.342 e. The van der Waals surface area contributed by atoms with Crippen molar-refractivity contribution in [3.63, 3.8) is 0 Å². The molecule has 1 amide bonds. The zero-order chi connectivity index (χ0) is 18.0. The fraction of sp³-hybridized carbons (Fsp3) is 0.533. The standard InChI is InChI=1S/C15H21F2N3O3S.ClH/c1-15(9-18)5-7-20(10-15)14(21)4-6-19-24(22,23)11-2-3-12(16)13(17)8-11;/h2-3,8,19H,4-7,9-10,18H2,1H3;1H. The Morgan fingerprint density at radius 1 is 1.36 bits per heavy atom. The second-order valence-corrected chi connectivity index (χ2v) is 8.07. The van der Waals surface area contributed by atoms with Gasteiger partial charge in [-0.25, -0.2) is 21.9 Å². The molecule has 0 aromatic heterocycles. The van der Waals surface area contributed by atoms with E-state index < -0.39 is 21.7 Å². The molecule has 1 heterocycles. The van der Waals surface area contributed by atoms with Gasteiger partial charge >= 0.3 is 0 Å². The fourth-order valence-corrected chi connectivity index (χ4v) is 3.62. The summed E-state index contributed by atoms with van der Waals surface area (Å²) in [5.74, 6) is -2.53. The Bertz CT molecular complexity index is 733. The van der Waals surface area contributed by atoms with E-state index in [1.165, 1.54) is 0 Å². The highest BCUT2D eigenvalue weighted by atomic mass is 35.5. The van der Waals surface area contributed by atoms with Gasteiger partial charge in [0.2, 0.25) is 15.9 Å². The van der Waals surface area contributed by atoms with Crippen LogP contribution in [0.1, 0.15) is 19.8 Å². The minimum atomic E-state index is -3.99. The smallest absolute Gasteiger partial charge is 0.240 e. The Labute approximate surface area is 152 Å². The maximum Gasteiger partial charge on any atom is 0.240 e. The molecule has 1 fully saturated rings. The summed E-state index contributed by atoms with van der Waals surface area (Å²) in [7, 11) is -3.99. The summed E-state index contributed by atoms with van der Waals surface area (Å²) in [6.07, 6.45) is 0.805. The van der Waals surface area contributed by atoms with Crippen LogP contribution in [-0.2, 0) is 14.8 Å². The number of nitrogens with zero attached hydrogens (tertiary/aromatic N) is 1. The lowest BCUT2D eigenvalue weighted by atomic mass is 9.90. The van der Waals surface area contributed by atoms with Crippen molar-refractivity contribution in [1.82, 2.24) is 9.62 Å². The molecule has 0 radical (unpaired) electrons. The number of halogens is 3. The number of carbonyl (C=O) groups is 1. The molecule has 0 aliphatic carbocycles. The highest BCUT2D eigenvalue weighted by Crippen LogP contribution is 2.28. The van der Waals surface area contributed by atoms with Crippen molar-refractivity contribution in [3.05, 3.63) is 29.8 Å². The largest absolute Gasteiger partial charge is 0.342 e. The van der Waals surface area contributed by atoms with Gasteiger partial charge in [0.1, 0.15) is 0 Å². The predicted octanol–water partition coefficient (Wildman–Crippen LogP) is 1.25. The van der Waals surface area contributed by atoms with E-state index in [2.05, 4.69) is 4.72 Å². The molecule has 0 bridgehead atoms. The first-order chi connectivity index (χ1) is 11.2. The third-order valence-electron chi connectivity index (χ3n) is 4.24. The Morgan fingerprint density at radius 3 is 2.60 bits per heavy atom. The summed E-state index contributed by atoms with van der Waals surface area (Å²) in [6.45, 7) is 3.53. The van der Waals surface area contributed by atoms with Crippen LogP contribution < -0.4 is 10.5 Å². The summed E-state index contributed by atoms with van der Waals surface area (Å²) in [4.78, 5) is 13.4. The fourth-order valence-electron chi connectivity index (χ4n) is 2.58. The number of hydrogen-bond acceptors (Lipinski definition) is 4. The molecule has 0 spiro atoms. The van der Waals surface area contributed by atoms with Crippen molar-refractivity contribution in [3.8, 4) is 0 Å². The zero-order valence-corrected chi connectivity index (χ0v) is 15.4. The van der Waals surface area contributed by atoms with Crippen LogP contribution in [0.2, 0.25) is 0 Å². The molecule has 10 heteroatoms. The van der Waals surface area contributed by atoms with E-state index >= 15 is 0 Å². The predicted molar refractivity (Wildman–Crippen MR) is 91.8 cm³/mol. The molecule has 2 rings (SSSR count). The molecule has 1 aliphatic rings. The van der Waals surface area contributed by atoms with Crippen LogP contribution >= 0.6 is 12.4 Å². The van der Waals surface area contributed by atoms with E-state index in [1.54, 1.807) is 4.90 Å². The third kappa shape index (κ3) is 5.34. The van der Waals surface area contributed by atoms with Crippen LogP contribution in [0.15, 0.2) is 23.1 Å². The SMILES string of the molecule is CC1(CN)CCN(C(=O)CCNS(=O)(=O)c2ccc(F)c(F)c2)C1.Cl. The third-order valence-corrected chi connectivity index (χ3v) is 5.69. The van der Waals surface area contributed by atoms with Gasteiger partial charge in [-0.05, 0) is 36.6 Å². The summed E-state index contributed by atoms with van der Waals surface area (Å²) in [6, 6.07) is 2.31. The number of carbonyl (C=O) groups excluding carboxylic acids is 1. The Morgan fingerprint density at radius 2 is 2.04 bits per heavy atom. The van der Waals surface area contributed by atoms with E-state index in [4.69, 9.17) is 5.73 Å². The van der Waals surface area contributed by atoms with Gasteiger partial charge in [0.25, 0.3) is 0 Å². The lowest BCUT2D eigenvalue weighted by Crippen LogP contribution is -2.36. The number of nitrogens with one attached hydrogen (secondary N) is 1. The first-order valence-corrected chi connectivity index (χ1v) is 9.08. The minimum absolute atomic E-state index is 0. The van der Waals surface area contributed by atoms with Gasteiger partial charge in [-0.1, -0.05) is 6.92 Å². The van der Waals surface area contributed by atoms with Crippen molar-refractivity contribution in [2.24, 2.45) is 11.1 Å². The maximum absolute atomic E-state index is 13.1. The number of sulfonamides is 1. The highest BCUT2D eigenvalue weighted by Gasteiger charge is 2.34. The van der Waals surface area contributed by atoms with E-state index in [0.29, 0.717) is 25.7 Å². The molecule has 142 valence electrons. The van der Waals surface area contributed by atoms with Crippen LogP contribution in [0.5, 0.6) is 0 Å². The first-order valence-electron chi connectivity index (χ1n) is 7.59. The molecule has 1 saturated heterocycles. The number of nitrogens with two attached hydrogens (primary N) is 1. The number of benzene rings is 1. The molecule has 25 heavy (non-hydrogen) atoms. The maximum atomic E-state index is 13.1. The van der Waals surface area contributed by atoms with Crippen LogP contribution in [-0.4, -0.2) is 45.4 Å². The van der Waals surface area contributed by atoms with Crippen molar-refractivity contribution in [2.45, 2.75) is 24.7 Å². The Hall–Kier alpha value is -1.29. The lowest BCUT2D eigenvalue weighted by molar-refractivity contribution is -0.130. The van der Waals surface area contributed by atoms with Crippen LogP contribution in [0.4, 0.5) is 8.78 Å². The topological polar surface area (TPSA) is 92.5 Å². The molecule has 1 atom stereocenters. The van der Waals surface area contributed by atoms with Gasteiger partial charge in [0.15, 0.2) is 11.6 Å². The molecule has 0 saturated carbocycles. The second-order valence-electron chi connectivity index (χ2n) is 6.30. The van der Waals surface area contributed by atoms with E-state index in [1.807, 2.05) is 6.92 Å². The second kappa shape index (κ2) is 8.39. The van der Waals surface area contributed by atoms with Crippen molar-refractivity contribution >= 4 is 28.3 Å². The lowest BCUT2D eigenvalue weighted by Gasteiger charge is -2.22. The molecule has 3 N–H and O–H groups in total. The average molecular weight is 398 g/mol. The normalized spacial score (nSPS) is 20.4. The number of amides is 1. The van der Waals surface area contributed by atoms with Crippen LogP contribution in [0.25, 0.3) is 0 Å². The van der Waals surface area contributed by atoms with E-state index in [9.17, 15) is 22.0 Å². The summed E-state index contributed by atoms with van der Waals surface area (Å²) < 4.78 is 52.2. The van der Waals surface area contributed by atoms with Gasteiger partial charge in [-0.15, -0.1) is 12.4 Å². The average Bonchev–Trinajstić information content (AvgIpc) is 2.93. The van der Waals surface area contributed by atoms with Gasteiger partial charge < -0.3 is 10.6 Å². The molecule has 1 aromatic carbocycles. The van der Waals surface area contributed by atoms with Crippen molar-refractivity contribution < 1.29 is 22.0 Å². The molecule has 1 aliphatic heterocycles. The van der Waals surface area contributed by atoms with E-state index in [0.717, 1.165) is 18.6 Å². The highest BCUT2D eigenvalue weighted by molar-refractivity contribution is 7.89. The van der Waals surface area contributed by atoms with Gasteiger partial charge in [-0.2, -0.15) is 0 Å². The van der Waals surface area contributed by atoms with Crippen LogP contribution in [0.3, 0.4) is 0 Å². The monoisotopic (exact) mass is 397 g/mol. The van der Waals surface area contributed by atoms with Crippen molar-refractivity contribution in [2.75, 3.05) is 26.2 Å². The molecule has 6 nitrogen and oxygen atoms in total. The molecular weight excluding hydrogens is 376 g/mol. The van der Waals surface area contributed by atoms with E-state index in [-0.39, 0.29) is 41.6 Å². The van der Waals surface area contributed by atoms with Gasteiger partial charge in [-0.3, -0.25) is 4.79 Å². The molecule has 1 unspecified atom stereocenters.